The number of methoxy groups -OCH3 is 1. The zero-order chi connectivity index (χ0) is 16.5. The van der Waals surface area contributed by atoms with Gasteiger partial charge < -0.3 is 20.5 Å². The summed E-state index contributed by atoms with van der Waals surface area (Å²) < 4.78 is 5.10. The van der Waals surface area contributed by atoms with Crippen LogP contribution in [0.25, 0.3) is 0 Å². The number of carbonyl (C=O) groups is 1. The molecule has 3 N–H and O–H groups in total. The molecule has 0 heterocycles. The Morgan fingerprint density at radius 3 is 2.61 bits per heavy atom. The lowest BCUT2D eigenvalue weighted by molar-refractivity contribution is -0.119. The number of ether oxygens (including phenoxy) is 1. The molecule has 0 aromatic heterocycles. The Balaban J connectivity index is 1.79. The van der Waals surface area contributed by atoms with E-state index in [1.54, 1.807) is 7.11 Å². The molecule has 0 fully saturated rings. The molecule has 0 bridgehead atoms. The Morgan fingerprint density at radius 1 is 1.09 bits per heavy atom. The van der Waals surface area contributed by atoms with Gasteiger partial charge in [-0.25, -0.2) is 0 Å². The number of anilines is 1. The van der Waals surface area contributed by atoms with Crippen molar-refractivity contribution >= 4 is 11.6 Å². The van der Waals surface area contributed by atoms with Crippen molar-refractivity contribution in [3.8, 4) is 0 Å². The van der Waals surface area contributed by atoms with Gasteiger partial charge in [0.05, 0.1) is 19.8 Å². The van der Waals surface area contributed by atoms with Crippen LogP contribution < -0.4 is 10.6 Å². The number of hydrogen-bond acceptors (Lipinski definition) is 4. The van der Waals surface area contributed by atoms with Gasteiger partial charge in [0, 0.05) is 19.3 Å². The maximum atomic E-state index is 11.9. The smallest absolute Gasteiger partial charge is 0.239 e. The van der Waals surface area contributed by atoms with E-state index in [-0.39, 0.29) is 19.1 Å². The highest BCUT2D eigenvalue weighted by molar-refractivity contribution is 5.80. The summed E-state index contributed by atoms with van der Waals surface area (Å²) in [6, 6.07) is 15.3. The van der Waals surface area contributed by atoms with Gasteiger partial charge in [0.15, 0.2) is 0 Å². The second-order valence-corrected chi connectivity index (χ2v) is 5.24. The first-order chi connectivity index (χ1) is 11.2. The van der Waals surface area contributed by atoms with Crippen molar-refractivity contribution in [1.82, 2.24) is 5.32 Å². The average Bonchev–Trinajstić information content (AvgIpc) is 2.59. The number of aliphatic hydroxyl groups excluding tert-OH is 1. The van der Waals surface area contributed by atoms with Crippen LogP contribution in [0.3, 0.4) is 0 Å². The summed E-state index contributed by atoms with van der Waals surface area (Å²) in [6.07, 6.45) is 0. The van der Waals surface area contributed by atoms with Crippen LogP contribution in [0.1, 0.15) is 16.7 Å². The van der Waals surface area contributed by atoms with E-state index >= 15 is 0 Å². The minimum absolute atomic E-state index is 0.0144. The van der Waals surface area contributed by atoms with Crippen LogP contribution in [-0.2, 0) is 29.3 Å². The van der Waals surface area contributed by atoms with Crippen LogP contribution in [0.2, 0.25) is 0 Å². The summed E-state index contributed by atoms with van der Waals surface area (Å²) in [6.45, 7) is 1.21. The molecule has 0 saturated carbocycles. The van der Waals surface area contributed by atoms with Gasteiger partial charge in [0.1, 0.15) is 0 Å². The summed E-state index contributed by atoms with van der Waals surface area (Å²) in [5.74, 6) is -0.0865. The van der Waals surface area contributed by atoms with E-state index in [9.17, 15) is 4.79 Å². The highest BCUT2D eigenvalue weighted by Gasteiger charge is 2.03. The van der Waals surface area contributed by atoms with Gasteiger partial charge in [-0.3, -0.25) is 4.79 Å². The molecular formula is C18H22N2O3. The molecule has 1 amide bonds. The van der Waals surface area contributed by atoms with Crippen molar-refractivity contribution in [1.29, 1.82) is 0 Å². The average molecular weight is 314 g/mol. The lowest BCUT2D eigenvalue weighted by Gasteiger charge is -2.09. The predicted molar refractivity (Wildman–Crippen MR) is 89.9 cm³/mol. The zero-order valence-electron chi connectivity index (χ0n) is 13.2. The van der Waals surface area contributed by atoms with Gasteiger partial charge in [-0.15, -0.1) is 0 Å². The molecule has 2 rings (SSSR count). The number of amides is 1. The van der Waals surface area contributed by atoms with Gasteiger partial charge in [-0.05, 0) is 28.8 Å². The van der Waals surface area contributed by atoms with Crippen molar-refractivity contribution < 1.29 is 14.6 Å². The molecular weight excluding hydrogens is 292 g/mol. The van der Waals surface area contributed by atoms with Crippen LogP contribution in [0, 0.1) is 0 Å². The standard InChI is InChI=1S/C18H22N2O3/c1-23-13-16-6-2-4-14(8-16)10-20-18(22)11-19-17-7-3-5-15(9-17)12-21/h2-9,19,21H,10-13H2,1H3,(H,20,22). The normalized spacial score (nSPS) is 10.3. The first-order valence-electron chi connectivity index (χ1n) is 7.48. The molecule has 0 unspecified atom stereocenters. The molecule has 0 atom stereocenters. The van der Waals surface area contributed by atoms with E-state index in [1.165, 1.54) is 0 Å². The summed E-state index contributed by atoms with van der Waals surface area (Å²) in [5.41, 5.74) is 3.74. The van der Waals surface area contributed by atoms with Crippen molar-refractivity contribution in [3.63, 3.8) is 0 Å². The fraction of sp³-hybridized carbons (Fsp3) is 0.278. The summed E-state index contributed by atoms with van der Waals surface area (Å²) in [5, 5.41) is 15.0. The Morgan fingerprint density at radius 2 is 1.83 bits per heavy atom. The van der Waals surface area contributed by atoms with Gasteiger partial charge in [-0.2, -0.15) is 0 Å². The molecule has 0 spiro atoms. The predicted octanol–water partition coefficient (Wildman–Crippen LogP) is 2.05. The molecule has 5 nitrogen and oxygen atoms in total. The van der Waals surface area contributed by atoms with Gasteiger partial charge >= 0.3 is 0 Å². The summed E-state index contributed by atoms with van der Waals surface area (Å²) in [4.78, 5) is 11.9. The van der Waals surface area contributed by atoms with E-state index in [4.69, 9.17) is 9.84 Å². The van der Waals surface area contributed by atoms with Crippen LogP contribution in [0.5, 0.6) is 0 Å². The SMILES string of the molecule is COCc1cccc(CNC(=O)CNc2cccc(CO)c2)c1. The maximum absolute atomic E-state index is 11.9. The third kappa shape index (κ3) is 5.73. The van der Waals surface area contributed by atoms with Crippen LogP contribution in [-0.4, -0.2) is 24.7 Å². The number of rotatable bonds is 8. The van der Waals surface area contributed by atoms with E-state index < -0.39 is 0 Å². The first kappa shape index (κ1) is 17.0. The Hall–Kier alpha value is -2.37. The highest BCUT2D eigenvalue weighted by atomic mass is 16.5. The number of aliphatic hydroxyl groups is 1. The molecule has 23 heavy (non-hydrogen) atoms. The number of carbonyl (C=O) groups excluding carboxylic acids is 1. The van der Waals surface area contributed by atoms with Crippen molar-refractivity contribution in [2.75, 3.05) is 19.0 Å². The van der Waals surface area contributed by atoms with E-state index in [0.29, 0.717) is 13.2 Å². The van der Waals surface area contributed by atoms with Gasteiger partial charge in [-0.1, -0.05) is 36.4 Å². The molecule has 0 aliphatic heterocycles. The van der Waals surface area contributed by atoms with Crippen LogP contribution >= 0.6 is 0 Å². The van der Waals surface area contributed by atoms with Crippen molar-refractivity contribution in [2.24, 2.45) is 0 Å². The molecule has 0 saturated heterocycles. The van der Waals surface area contributed by atoms with Crippen LogP contribution in [0.4, 0.5) is 5.69 Å². The summed E-state index contributed by atoms with van der Waals surface area (Å²) in [7, 11) is 1.66. The van der Waals surface area contributed by atoms with E-state index in [0.717, 1.165) is 22.4 Å². The van der Waals surface area contributed by atoms with Crippen molar-refractivity contribution in [3.05, 3.63) is 65.2 Å². The molecule has 0 aliphatic rings. The van der Waals surface area contributed by atoms with Crippen LogP contribution in [0.15, 0.2) is 48.5 Å². The first-order valence-corrected chi connectivity index (χ1v) is 7.48. The zero-order valence-corrected chi connectivity index (χ0v) is 13.2. The lowest BCUT2D eigenvalue weighted by Crippen LogP contribution is -2.29. The minimum Gasteiger partial charge on any atom is -0.392 e. The molecule has 2 aromatic rings. The van der Waals surface area contributed by atoms with Gasteiger partial charge in [0.2, 0.25) is 5.91 Å². The van der Waals surface area contributed by atoms with E-state index in [1.807, 2.05) is 48.5 Å². The largest absolute Gasteiger partial charge is 0.392 e. The van der Waals surface area contributed by atoms with Gasteiger partial charge in [0.25, 0.3) is 0 Å². The monoisotopic (exact) mass is 314 g/mol. The molecule has 0 aliphatic carbocycles. The van der Waals surface area contributed by atoms with Crippen molar-refractivity contribution in [2.45, 2.75) is 19.8 Å². The fourth-order valence-corrected chi connectivity index (χ4v) is 2.22. The third-order valence-electron chi connectivity index (χ3n) is 3.35. The second kappa shape index (κ2) is 8.92. The molecule has 2 aromatic carbocycles. The fourth-order valence-electron chi connectivity index (χ4n) is 2.22. The summed E-state index contributed by atoms with van der Waals surface area (Å²) >= 11 is 0. The maximum Gasteiger partial charge on any atom is 0.239 e. The Labute approximate surface area is 136 Å². The molecule has 0 radical (unpaired) electrons. The number of benzene rings is 2. The number of hydrogen-bond donors (Lipinski definition) is 3. The molecule has 5 heteroatoms. The number of nitrogens with one attached hydrogen (secondary N) is 2. The minimum atomic E-state index is -0.0865. The molecule has 122 valence electrons. The second-order valence-electron chi connectivity index (χ2n) is 5.24. The highest BCUT2D eigenvalue weighted by Crippen LogP contribution is 2.10. The van der Waals surface area contributed by atoms with E-state index in [2.05, 4.69) is 10.6 Å². The third-order valence-corrected chi connectivity index (χ3v) is 3.35. The Bertz CT molecular complexity index is 644. The lowest BCUT2D eigenvalue weighted by atomic mass is 10.1. The Kier molecular flexibility index (Phi) is 6.59. The topological polar surface area (TPSA) is 70.6 Å². The quantitative estimate of drug-likeness (QED) is 0.697.